The normalized spacial score (nSPS) is 22.9. The minimum absolute atomic E-state index is 0.136. The van der Waals surface area contributed by atoms with Gasteiger partial charge in [-0.2, -0.15) is 0 Å². The van der Waals surface area contributed by atoms with Crippen LogP contribution < -0.4 is 10.6 Å². The van der Waals surface area contributed by atoms with E-state index in [0.29, 0.717) is 0 Å². The Morgan fingerprint density at radius 3 is 2.56 bits per heavy atom. The van der Waals surface area contributed by atoms with Crippen LogP contribution in [-0.2, 0) is 11.3 Å². The first-order valence-corrected chi connectivity index (χ1v) is 5.88. The van der Waals surface area contributed by atoms with Crippen LogP contribution in [-0.4, -0.2) is 11.6 Å². The van der Waals surface area contributed by atoms with Gasteiger partial charge in [0.25, 0.3) is 5.91 Å². The quantitative estimate of drug-likeness (QED) is 0.715. The first-order valence-electron chi connectivity index (χ1n) is 5.88. The van der Waals surface area contributed by atoms with Crippen molar-refractivity contribution in [3.63, 3.8) is 0 Å². The number of benzene rings is 1. The summed E-state index contributed by atoms with van der Waals surface area (Å²) in [4.78, 5) is 11.4. The van der Waals surface area contributed by atoms with Gasteiger partial charge < -0.3 is 5.32 Å². The number of carbonyl (C=O) groups excluding carboxylic acids is 1. The molecular formula is C13H18N2O. The SMILES string of the molecule is CCCCC1(NCc2ccccc2)NC1=O. The second kappa shape index (κ2) is 4.66. The van der Waals surface area contributed by atoms with Gasteiger partial charge in [-0.25, -0.2) is 0 Å². The van der Waals surface area contributed by atoms with Gasteiger partial charge in [0.2, 0.25) is 0 Å². The average molecular weight is 218 g/mol. The third-order valence-corrected chi connectivity index (χ3v) is 2.99. The molecule has 1 saturated heterocycles. The number of amides is 1. The molecular weight excluding hydrogens is 200 g/mol. The molecule has 1 atom stereocenters. The average Bonchev–Trinajstić information content (AvgIpc) is 2.97. The molecule has 1 aliphatic rings. The van der Waals surface area contributed by atoms with Gasteiger partial charge in [0.05, 0.1) is 0 Å². The summed E-state index contributed by atoms with van der Waals surface area (Å²) in [6, 6.07) is 10.1. The predicted molar refractivity (Wildman–Crippen MR) is 63.7 cm³/mol. The number of hydrogen-bond acceptors (Lipinski definition) is 2. The Hall–Kier alpha value is -1.35. The maximum atomic E-state index is 11.4. The van der Waals surface area contributed by atoms with Crippen LogP contribution in [0.5, 0.6) is 0 Å². The van der Waals surface area contributed by atoms with Crippen molar-refractivity contribution >= 4 is 5.91 Å². The highest BCUT2D eigenvalue weighted by Gasteiger charge is 2.52. The third-order valence-electron chi connectivity index (χ3n) is 2.99. The number of nitrogens with one attached hydrogen (secondary N) is 2. The molecule has 86 valence electrons. The first kappa shape index (κ1) is 11.1. The van der Waals surface area contributed by atoms with Crippen LogP contribution in [0, 0.1) is 0 Å². The molecule has 0 bridgehead atoms. The van der Waals surface area contributed by atoms with Gasteiger partial charge in [-0.1, -0.05) is 43.7 Å². The summed E-state index contributed by atoms with van der Waals surface area (Å²) in [7, 11) is 0. The zero-order valence-corrected chi connectivity index (χ0v) is 9.62. The second-order valence-corrected chi connectivity index (χ2v) is 4.30. The summed E-state index contributed by atoms with van der Waals surface area (Å²) in [5.41, 5.74) is 0.783. The molecule has 0 aliphatic carbocycles. The standard InChI is InChI=1S/C13H18N2O/c1-2-3-9-13(12(16)15-13)14-10-11-7-5-4-6-8-11/h4-8,14H,2-3,9-10H2,1H3,(H,15,16). The van der Waals surface area contributed by atoms with Crippen molar-refractivity contribution in [1.82, 2.24) is 10.6 Å². The van der Waals surface area contributed by atoms with E-state index in [4.69, 9.17) is 0 Å². The number of hydrogen-bond donors (Lipinski definition) is 2. The summed E-state index contributed by atoms with van der Waals surface area (Å²) < 4.78 is 0. The maximum Gasteiger partial charge on any atom is 0.262 e. The van der Waals surface area contributed by atoms with Gasteiger partial charge in [0.1, 0.15) is 0 Å². The molecule has 1 unspecified atom stereocenters. The van der Waals surface area contributed by atoms with Crippen LogP contribution in [0.4, 0.5) is 0 Å². The minimum Gasteiger partial charge on any atom is -0.327 e. The van der Waals surface area contributed by atoms with Crippen molar-refractivity contribution in [2.75, 3.05) is 0 Å². The maximum absolute atomic E-state index is 11.4. The lowest BCUT2D eigenvalue weighted by Crippen LogP contribution is -2.36. The van der Waals surface area contributed by atoms with Crippen molar-refractivity contribution in [2.24, 2.45) is 0 Å². The monoisotopic (exact) mass is 218 g/mol. The minimum atomic E-state index is -0.425. The van der Waals surface area contributed by atoms with E-state index in [0.717, 1.165) is 25.8 Å². The van der Waals surface area contributed by atoms with E-state index in [-0.39, 0.29) is 5.91 Å². The Morgan fingerprint density at radius 2 is 2.00 bits per heavy atom. The fourth-order valence-electron chi connectivity index (χ4n) is 1.84. The van der Waals surface area contributed by atoms with Crippen LogP contribution in [0.1, 0.15) is 31.7 Å². The molecule has 0 aromatic heterocycles. The lowest BCUT2D eigenvalue weighted by atomic mass is 10.1. The molecule has 1 fully saturated rings. The van der Waals surface area contributed by atoms with E-state index < -0.39 is 5.66 Å². The van der Waals surface area contributed by atoms with Crippen molar-refractivity contribution < 1.29 is 4.79 Å². The summed E-state index contributed by atoms with van der Waals surface area (Å²) in [6.07, 6.45) is 3.07. The van der Waals surface area contributed by atoms with Crippen molar-refractivity contribution in [2.45, 2.75) is 38.4 Å². The Bertz CT molecular complexity index is 363. The molecule has 1 amide bonds. The highest BCUT2D eigenvalue weighted by molar-refractivity contribution is 6.01. The van der Waals surface area contributed by atoms with Gasteiger partial charge in [-0.3, -0.25) is 10.1 Å². The number of unbranched alkanes of at least 4 members (excludes halogenated alkanes) is 1. The Morgan fingerprint density at radius 1 is 1.31 bits per heavy atom. The van der Waals surface area contributed by atoms with Gasteiger partial charge >= 0.3 is 0 Å². The van der Waals surface area contributed by atoms with Crippen LogP contribution in [0.25, 0.3) is 0 Å². The molecule has 0 spiro atoms. The third kappa shape index (κ3) is 2.42. The lowest BCUT2D eigenvalue weighted by Gasteiger charge is -2.12. The first-order chi connectivity index (χ1) is 7.77. The predicted octanol–water partition coefficient (Wildman–Crippen LogP) is 1.79. The van der Waals surface area contributed by atoms with E-state index >= 15 is 0 Å². The summed E-state index contributed by atoms with van der Waals surface area (Å²) in [6.45, 7) is 2.88. The van der Waals surface area contributed by atoms with Crippen LogP contribution >= 0.6 is 0 Å². The fourth-order valence-corrected chi connectivity index (χ4v) is 1.84. The molecule has 0 radical (unpaired) electrons. The van der Waals surface area contributed by atoms with E-state index in [1.807, 2.05) is 18.2 Å². The van der Waals surface area contributed by atoms with Gasteiger partial charge in [0.15, 0.2) is 5.66 Å². The Kier molecular flexibility index (Phi) is 3.25. The van der Waals surface area contributed by atoms with Crippen LogP contribution in [0.15, 0.2) is 30.3 Å². The van der Waals surface area contributed by atoms with E-state index in [1.54, 1.807) is 0 Å². The fraction of sp³-hybridized carbons (Fsp3) is 0.462. The molecule has 1 aromatic rings. The van der Waals surface area contributed by atoms with Crippen LogP contribution in [0.2, 0.25) is 0 Å². The van der Waals surface area contributed by atoms with Crippen molar-refractivity contribution in [1.29, 1.82) is 0 Å². The summed E-state index contributed by atoms with van der Waals surface area (Å²) in [5, 5.41) is 6.21. The lowest BCUT2D eigenvalue weighted by molar-refractivity contribution is -0.112. The molecule has 1 aliphatic heterocycles. The topological polar surface area (TPSA) is 51.0 Å². The molecule has 2 N–H and O–H groups in total. The van der Waals surface area contributed by atoms with Crippen molar-refractivity contribution in [3.8, 4) is 0 Å². The Balaban J connectivity index is 1.87. The zero-order valence-electron chi connectivity index (χ0n) is 9.62. The highest BCUT2D eigenvalue weighted by atomic mass is 16.2. The van der Waals surface area contributed by atoms with E-state index in [2.05, 4.69) is 29.7 Å². The number of rotatable bonds is 6. The number of carbonyl (C=O) groups is 1. The zero-order chi connectivity index (χ0) is 11.4. The van der Waals surface area contributed by atoms with E-state index in [1.165, 1.54) is 5.56 Å². The highest BCUT2D eigenvalue weighted by Crippen LogP contribution is 2.23. The van der Waals surface area contributed by atoms with E-state index in [9.17, 15) is 4.79 Å². The van der Waals surface area contributed by atoms with Gasteiger partial charge in [-0.15, -0.1) is 0 Å². The summed E-state index contributed by atoms with van der Waals surface area (Å²) >= 11 is 0. The summed E-state index contributed by atoms with van der Waals surface area (Å²) in [5.74, 6) is 0.136. The molecule has 2 rings (SSSR count). The Labute approximate surface area is 96.2 Å². The molecule has 3 nitrogen and oxygen atoms in total. The van der Waals surface area contributed by atoms with Gasteiger partial charge in [-0.05, 0) is 18.4 Å². The largest absolute Gasteiger partial charge is 0.327 e. The molecule has 1 aromatic carbocycles. The molecule has 16 heavy (non-hydrogen) atoms. The molecule has 3 heteroatoms. The molecule has 1 heterocycles. The molecule has 0 saturated carbocycles. The van der Waals surface area contributed by atoms with Crippen molar-refractivity contribution in [3.05, 3.63) is 35.9 Å². The van der Waals surface area contributed by atoms with Gasteiger partial charge in [0, 0.05) is 6.54 Å². The smallest absolute Gasteiger partial charge is 0.262 e. The van der Waals surface area contributed by atoms with Crippen LogP contribution in [0.3, 0.4) is 0 Å². The second-order valence-electron chi connectivity index (χ2n) is 4.30.